The third-order valence-corrected chi connectivity index (χ3v) is 1.60. The minimum Gasteiger partial charge on any atom is -0.350 e. The van der Waals surface area contributed by atoms with E-state index in [1.807, 2.05) is 0 Å². The molecule has 3 nitrogen and oxygen atoms in total. The lowest BCUT2D eigenvalue weighted by atomic mass is 9.95. The van der Waals surface area contributed by atoms with Crippen molar-refractivity contribution in [2.75, 3.05) is 13.7 Å². The SMILES string of the molecule is CNOC(OCC(C)(C)C)C(C)(C)C. The molecule has 0 heterocycles. The predicted molar refractivity (Wildman–Crippen MR) is 58.8 cm³/mol. The maximum atomic E-state index is 5.73. The van der Waals surface area contributed by atoms with Crippen LogP contribution in [0, 0.1) is 10.8 Å². The Hall–Kier alpha value is -0.120. The molecular formula is C11H25NO2. The summed E-state index contributed by atoms with van der Waals surface area (Å²) in [5, 5.41) is 0. The molecule has 0 aromatic heterocycles. The van der Waals surface area contributed by atoms with E-state index in [-0.39, 0.29) is 17.1 Å². The van der Waals surface area contributed by atoms with E-state index in [1.54, 1.807) is 7.05 Å². The van der Waals surface area contributed by atoms with Gasteiger partial charge in [0.1, 0.15) is 0 Å². The maximum absolute atomic E-state index is 5.73. The van der Waals surface area contributed by atoms with Crippen molar-refractivity contribution in [3.63, 3.8) is 0 Å². The molecule has 0 saturated carbocycles. The number of hydroxylamine groups is 1. The van der Waals surface area contributed by atoms with Crippen LogP contribution in [0.3, 0.4) is 0 Å². The van der Waals surface area contributed by atoms with Gasteiger partial charge >= 0.3 is 0 Å². The second kappa shape index (κ2) is 5.10. The Labute approximate surface area is 88.1 Å². The average molecular weight is 203 g/mol. The molecule has 0 aromatic rings. The molecule has 1 N–H and O–H groups in total. The monoisotopic (exact) mass is 203 g/mol. The van der Waals surface area contributed by atoms with E-state index < -0.39 is 0 Å². The molecule has 0 bridgehead atoms. The van der Waals surface area contributed by atoms with Crippen molar-refractivity contribution in [1.29, 1.82) is 0 Å². The van der Waals surface area contributed by atoms with Gasteiger partial charge in [-0.05, 0) is 5.41 Å². The molecule has 0 spiro atoms. The molecule has 0 aromatic carbocycles. The Balaban J connectivity index is 4.12. The topological polar surface area (TPSA) is 30.5 Å². The zero-order valence-corrected chi connectivity index (χ0v) is 10.6. The van der Waals surface area contributed by atoms with Crippen molar-refractivity contribution in [2.45, 2.75) is 47.8 Å². The van der Waals surface area contributed by atoms with Crippen LogP contribution in [-0.4, -0.2) is 19.9 Å². The van der Waals surface area contributed by atoms with Crippen LogP contribution >= 0.6 is 0 Å². The minimum atomic E-state index is -0.216. The van der Waals surface area contributed by atoms with Gasteiger partial charge in [-0.25, -0.2) is 5.48 Å². The van der Waals surface area contributed by atoms with Gasteiger partial charge in [0.15, 0.2) is 6.29 Å². The van der Waals surface area contributed by atoms with Crippen molar-refractivity contribution < 1.29 is 9.57 Å². The van der Waals surface area contributed by atoms with Crippen molar-refractivity contribution in [2.24, 2.45) is 10.8 Å². The van der Waals surface area contributed by atoms with Crippen LogP contribution in [0.1, 0.15) is 41.5 Å². The second-order valence-corrected chi connectivity index (χ2v) is 5.89. The zero-order valence-electron chi connectivity index (χ0n) is 10.6. The summed E-state index contributed by atoms with van der Waals surface area (Å²) in [4.78, 5) is 5.33. The highest BCUT2D eigenvalue weighted by Crippen LogP contribution is 2.25. The van der Waals surface area contributed by atoms with Gasteiger partial charge < -0.3 is 4.74 Å². The first-order chi connectivity index (χ1) is 6.17. The maximum Gasteiger partial charge on any atom is 0.181 e. The largest absolute Gasteiger partial charge is 0.350 e. The second-order valence-electron chi connectivity index (χ2n) is 5.89. The summed E-state index contributed by atoms with van der Waals surface area (Å²) < 4.78 is 5.73. The average Bonchev–Trinajstić information content (AvgIpc) is 1.93. The van der Waals surface area contributed by atoms with E-state index in [0.29, 0.717) is 6.61 Å². The summed E-state index contributed by atoms with van der Waals surface area (Å²) in [6.07, 6.45) is -0.216. The van der Waals surface area contributed by atoms with E-state index in [4.69, 9.17) is 9.57 Å². The van der Waals surface area contributed by atoms with E-state index in [0.717, 1.165) is 0 Å². The summed E-state index contributed by atoms with van der Waals surface area (Å²) in [5.74, 6) is 0. The first kappa shape index (κ1) is 13.9. The van der Waals surface area contributed by atoms with Gasteiger partial charge in [0, 0.05) is 12.5 Å². The Morgan fingerprint density at radius 2 is 1.57 bits per heavy atom. The normalized spacial score (nSPS) is 15.6. The Morgan fingerprint density at radius 3 is 1.86 bits per heavy atom. The van der Waals surface area contributed by atoms with Crippen molar-refractivity contribution in [3.8, 4) is 0 Å². The van der Waals surface area contributed by atoms with Crippen molar-refractivity contribution in [3.05, 3.63) is 0 Å². The smallest absolute Gasteiger partial charge is 0.181 e. The highest BCUT2D eigenvalue weighted by Gasteiger charge is 2.28. The molecule has 0 aliphatic rings. The summed E-state index contributed by atoms with van der Waals surface area (Å²) in [7, 11) is 1.75. The summed E-state index contributed by atoms with van der Waals surface area (Å²) in [6, 6.07) is 0. The molecule has 1 atom stereocenters. The minimum absolute atomic E-state index is 0.0196. The van der Waals surface area contributed by atoms with Gasteiger partial charge in [-0.2, -0.15) is 0 Å². The van der Waals surface area contributed by atoms with E-state index in [1.165, 1.54) is 0 Å². The number of hydrogen-bond donors (Lipinski definition) is 1. The van der Waals surface area contributed by atoms with Crippen LogP contribution in [0.5, 0.6) is 0 Å². The van der Waals surface area contributed by atoms with E-state index in [9.17, 15) is 0 Å². The lowest BCUT2D eigenvalue weighted by molar-refractivity contribution is -0.230. The number of nitrogens with one attached hydrogen (secondary N) is 1. The molecule has 86 valence electrons. The first-order valence-electron chi connectivity index (χ1n) is 5.11. The van der Waals surface area contributed by atoms with Gasteiger partial charge in [-0.1, -0.05) is 41.5 Å². The molecule has 14 heavy (non-hydrogen) atoms. The van der Waals surface area contributed by atoms with Crippen LogP contribution < -0.4 is 5.48 Å². The fourth-order valence-corrected chi connectivity index (χ4v) is 0.894. The fraction of sp³-hybridized carbons (Fsp3) is 1.00. The fourth-order valence-electron chi connectivity index (χ4n) is 0.894. The summed E-state index contributed by atoms with van der Waals surface area (Å²) in [5.41, 5.74) is 2.83. The van der Waals surface area contributed by atoms with Crippen molar-refractivity contribution >= 4 is 0 Å². The number of ether oxygens (including phenoxy) is 1. The van der Waals surface area contributed by atoms with Gasteiger partial charge in [0.2, 0.25) is 0 Å². The summed E-state index contributed by atoms with van der Waals surface area (Å²) >= 11 is 0. The Bertz CT molecular complexity index is 156. The van der Waals surface area contributed by atoms with Crippen LogP contribution in [0.2, 0.25) is 0 Å². The molecule has 3 heteroatoms. The van der Waals surface area contributed by atoms with E-state index in [2.05, 4.69) is 47.0 Å². The lowest BCUT2D eigenvalue weighted by Gasteiger charge is -2.32. The summed E-state index contributed by atoms with van der Waals surface area (Å²) in [6.45, 7) is 13.4. The van der Waals surface area contributed by atoms with Gasteiger partial charge in [0.25, 0.3) is 0 Å². The zero-order chi connectivity index (χ0) is 11.4. The molecule has 0 fully saturated rings. The first-order valence-corrected chi connectivity index (χ1v) is 5.11. The quantitative estimate of drug-likeness (QED) is 0.562. The highest BCUT2D eigenvalue weighted by atomic mass is 16.8. The van der Waals surface area contributed by atoms with Crippen LogP contribution in [0.25, 0.3) is 0 Å². The Morgan fingerprint density at radius 1 is 1.07 bits per heavy atom. The standard InChI is InChI=1S/C11H25NO2/c1-10(2,3)8-13-9(14-12-7)11(4,5)6/h9,12H,8H2,1-7H3. The Kier molecular flexibility index (Phi) is 5.06. The highest BCUT2D eigenvalue weighted by molar-refractivity contribution is 4.68. The van der Waals surface area contributed by atoms with Gasteiger partial charge in [0.05, 0.1) is 6.61 Å². The molecule has 0 rings (SSSR count). The third-order valence-electron chi connectivity index (χ3n) is 1.60. The molecule has 0 saturated heterocycles. The van der Waals surface area contributed by atoms with Gasteiger partial charge in [-0.15, -0.1) is 0 Å². The number of hydrogen-bond acceptors (Lipinski definition) is 3. The molecule has 1 unspecified atom stereocenters. The lowest BCUT2D eigenvalue weighted by Crippen LogP contribution is -2.37. The molecule has 0 amide bonds. The predicted octanol–water partition coefficient (Wildman–Crippen LogP) is 2.57. The van der Waals surface area contributed by atoms with Crippen LogP contribution in [-0.2, 0) is 9.57 Å². The number of rotatable bonds is 4. The van der Waals surface area contributed by atoms with Crippen LogP contribution in [0.15, 0.2) is 0 Å². The third kappa shape index (κ3) is 6.35. The molecule has 0 radical (unpaired) electrons. The van der Waals surface area contributed by atoms with Crippen molar-refractivity contribution in [1.82, 2.24) is 5.48 Å². The van der Waals surface area contributed by atoms with E-state index >= 15 is 0 Å². The molecular weight excluding hydrogens is 178 g/mol. The van der Waals surface area contributed by atoms with Crippen LogP contribution in [0.4, 0.5) is 0 Å². The molecule has 0 aliphatic carbocycles. The van der Waals surface area contributed by atoms with Gasteiger partial charge in [-0.3, -0.25) is 4.84 Å². The molecule has 0 aliphatic heterocycles.